The van der Waals surface area contributed by atoms with E-state index in [0.717, 1.165) is 29.1 Å². The van der Waals surface area contributed by atoms with Crippen LogP contribution in [0.1, 0.15) is 226 Å². The molecule has 616 valence electrons. The van der Waals surface area contributed by atoms with Crippen LogP contribution in [0.15, 0.2) is 30.4 Å². The van der Waals surface area contributed by atoms with Crippen molar-refractivity contribution in [1.29, 1.82) is 0 Å². The number of ether oxygens (including phenoxy) is 1. The number of fused-ring (bicyclic) bond motifs is 5. The van der Waals surface area contributed by atoms with Crippen LogP contribution in [0.4, 0.5) is 0 Å². The van der Waals surface area contributed by atoms with Crippen molar-refractivity contribution in [1.82, 2.24) is 55.6 Å². The molecule has 3 fully saturated rings. The van der Waals surface area contributed by atoms with E-state index in [0.29, 0.717) is 36.3 Å². The normalized spacial score (nSPS) is 29.2. The first-order valence-electron chi connectivity index (χ1n) is 40.1. The van der Waals surface area contributed by atoms with Crippen LogP contribution in [-0.2, 0) is 68.7 Å². The van der Waals surface area contributed by atoms with Gasteiger partial charge in [-0.2, -0.15) is 0 Å². The lowest BCUT2D eigenvalue weighted by Crippen LogP contribution is -2.63. The molecule has 6 N–H and O–H groups in total. The molecule has 1 saturated heterocycles. The number of rotatable bonds is 17. The zero-order chi connectivity index (χ0) is 82.9. The van der Waals surface area contributed by atoms with Crippen LogP contribution in [0.2, 0.25) is 0 Å². The van der Waals surface area contributed by atoms with Crippen molar-refractivity contribution in [2.45, 2.75) is 294 Å². The van der Waals surface area contributed by atoms with Crippen molar-refractivity contribution in [2.24, 2.45) is 58.7 Å². The predicted molar refractivity (Wildman–Crippen MR) is 421 cm³/mol. The summed E-state index contributed by atoms with van der Waals surface area (Å²) in [6.45, 7) is 33.6. The number of allylic oxidation sites excluding steroid dienone is 2. The van der Waals surface area contributed by atoms with Crippen LogP contribution in [0.5, 0.6) is 5.75 Å². The molecule has 1 aromatic carbocycles. The predicted octanol–water partition coefficient (Wildman–Crippen LogP) is 7.84. The van der Waals surface area contributed by atoms with Gasteiger partial charge in [0.05, 0.1) is 12.6 Å². The molecule has 1 aromatic rings. The van der Waals surface area contributed by atoms with Crippen LogP contribution in [0.3, 0.4) is 0 Å². The molecule has 0 aromatic heterocycles. The van der Waals surface area contributed by atoms with Gasteiger partial charge >= 0.3 is 5.97 Å². The molecule has 4 aliphatic rings. The average molecular weight is 1530 g/mol. The molecule has 26 heteroatoms. The molecule has 0 radical (unpaired) electrons. The van der Waals surface area contributed by atoms with Crippen LogP contribution in [0.25, 0.3) is 0 Å². The Balaban J connectivity index is 0.000000864. The number of carbonyl (C=O) groups is 12. The molecule has 0 spiro atoms. The van der Waals surface area contributed by atoms with E-state index in [2.05, 4.69) is 34.3 Å². The lowest BCUT2D eigenvalue weighted by atomic mass is 9.55. The van der Waals surface area contributed by atoms with E-state index in [1.54, 1.807) is 54.5 Å². The molecule has 0 bridgehead atoms. The minimum atomic E-state index is -1.61. The van der Waals surface area contributed by atoms with Crippen molar-refractivity contribution >= 4 is 70.9 Å². The number of phenolic OH excluding ortho intramolecular Hbond substituents is 1. The number of carbonyl (C=O) groups excluding carboxylic acids is 12. The van der Waals surface area contributed by atoms with Crippen LogP contribution >= 0.6 is 0 Å². The van der Waals surface area contributed by atoms with Gasteiger partial charge < -0.3 is 70.5 Å². The zero-order valence-corrected chi connectivity index (χ0v) is 70.8. The number of aliphatic hydroxyl groups is 1. The number of hydrogen-bond donors (Lipinski definition) is 6. The fourth-order valence-electron chi connectivity index (χ4n) is 16.6. The molecule has 5 rings (SSSR count). The Morgan fingerprint density at radius 2 is 1.07 bits per heavy atom. The molecule has 11 amide bonds. The topological polar surface area (TPSA) is 325 Å². The summed E-state index contributed by atoms with van der Waals surface area (Å²) in [4.78, 5) is 180. The fraction of sp³-hybridized carbons (Fsp3) is 0.759. The Morgan fingerprint density at radius 1 is 0.569 bits per heavy atom. The fourth-order valence-corrected chi connectivity index (χ4v) is 16.6. The number of likely N-dealkylation sites (N-methyl/N-ethyl adjacent to an activating group) is 7. The lowest BCUT2D eigenvalue weighted by molar-refractivity contribution is -0.157. The first-order chi connectivity index (χ1) is 50.7. The zero-order valence-electron chi connectivity index (χ0n) is 70.8. The van der Waals surface area contributed by atoms with Gasteiger partial charge in [0.25, 0.3) is 0 Å². The summed E-state index contributed by atoms with van der Waals surface area (Å²) in [6, 6.07) is -6.38. The summed E-state index contributed by atoms with van der Waals surface area (Å²) in [6.07, 6.45) is 10.4. The van der Waals surface area contributed by atoms with Crippen molar-refractivity contribution in [2.75, 3.05) is 55.9 Å². The number of aromatic hydroxyl groups is 1. The molecule has 26 nitrogen and oxygen atoms in total. The van der Waals surface area contributed by atoms with Gasteiger partial charge in [-0.1, -0.05) is 129 Å². The van der Waals surface area contributed by atoms with Gasteiger partial charge in [0.1, 0.15) is 72.3 Å². The van der Waals surface area contributed by atoms with Gasteiger partial charge in [0, 0.05) is 61.2 Å². The molecular formula is C83H139N11O15. The Labute approximate surface area is 651 Å². The van der Waals surface area contributed by atoms with E-state index < -0.39 is 156 Å². The summed E-state index contributed by atoms with van der Waals surface area (Å²) in [5.41, 5.74) is 2.95. The van der Waals surface area contributed by atoms with Crippen LogP contribution < -0.4 is 21.3 Å². The van der Waals surface area contributed by atoms with Crippen LogP contribution in [-0.4, -0.2) is 244 Å². The van der Waals surface area contributed by atoms with Crippen molar-refractivity contribution in [3.63, 3.8) is 0 Å². The Bertz CT molecular complexity index is 3340. The molecule has 109 heavy (non-hydrogen) atoms. The second-order valence-corrected chi connectivity index (χ2v) is 34.3. The third-order valence-electron chi connectivity index (χ3n) is 23.3. The number of aliphatic hydroxyl groups excluding tert-OH is 1. The summed E-state index contributed by atoms with van der Waals surface area (Å²) < 4.78 is 5.83. The molecule has 3 aliphatic carbocycles. The van der Waals surface area contributed by atoms with E-state index in [1.807, 2.05) is 80.5 Å². The van der Waals surface area contributed by atoms with Gasteiger partial charge in [0.15, 0.2) is 0 Å². The first kappa shape index (κ1) is 93.7. The van der Waals surface area contributed by atoms with Crippen molar-refractivity contribution in [3.8, 4) is 5.75 Å². The summed E-state index contributed by atoms with van der Waals surface area (Å²) >= 11 is 0. The van der Waals surface area contributed by atoms with E-state index in [-0.39, 0.29) is 73.3 Å². The van der Waals surface area contributed by atoms with Crippen molar-refractivity contribution in [3.05, 3.63) is 41.5 Å². The van der Waals surface area contributed by atoms with Gasteiger partial charge in [-0.05, 0) is 180 Å². The van der Waals surface area contributed by atoms with Gasteiger partial charge in [-0.25, -0.2) is 0 Å². The molecule has 1 heterocycles. The number of phenols is 1. The van der Waals surface area contributed by atoms with Gasteiger partial charge in [-0.3, -0.25) is 57.5 Å². The number of esters is 1. The molecule has 1 aliphatic heterocycles. The largest absolute Gasteiger partial charge is 0.508 e. The van der Waals surface area contributed by atoms with Crippen LogP contribution in [0, 0.1) is 58.7 Å². The van der Waals surface area contributed by atoms with E-state index in [9.17, 15) is 58.2 Å². The summed E-state index contributed by atoms with van der Waals surface area (Å²) in [5.74, 6) is -7.39. The lowest BCUT2D eigenvalue weighted by Gasteiger charge is -2.50. The standard InChI is InChI=1S/C62H111N11O12.C21H28O3/c1-25-27-28-40(15)52(75)51-56(79)65-43(26-2)58(81)67(18)33-48(74)68(19)44(29-34(3)4)55(78)66-49(38(11)12)61(84)69(20)45(30-35(5)6)54(77)63-41(16)53(76)64-42(17)57(80)70(21)46(31-36(7)8)59(82)71(22)47(32-37(9)10)60(83)72(23)50(39(13)14)62(85)73(51)24;1-3-20(23)24-19-9-8-18-17-6-4-13-12-14(22)5-7-15(13)16(17)10-11-21(18,19)2/h25,27,34-47,49-52,75H,26,28-33H2,1-24H3,(H,63,77)(H,64,76)(H,65,79)(H,66,78);5,7,12,16-19,22H,3-4,6,8-11H2,1-2H3. The maximum Gasteiger partial charge on any atom is 0.305 e. The third-order valence-corrected chi connectivity index (χ3v) is 23.3. The molecular weight excluding hydrogens is 1390 g/mol. The summed E-state index contributed by atoms with van der Waals surface area (Å²) in [7, 11) is 9.92. The second kappa shape index (κ2) is 41.6. The first-order valence-corrected chi connectivity index (χ1v) is 40.1. The number of amides is 11. The summed E-state index contributed by atoms with van der Waals surface area (Å²) in [5, 5.41) is 32.8. The average Bonchev–Trinajstić information content (AvgIpc) is 1.61. The highest BCUT2D eigenvalue weighted by atomic mass is 16.5. The second-order valence-electron chi connectivity index (χ2n) is 34.3. The molecule has 17 atom stereocenters. The third kappa shape index (κ3) is 23.9. The van der Waals surface area contributed by atoms with E-state index in [4.69, 9.17) is 4.74 Å². The highest BCUT2D eigenvalue weighted by molar-refractivity contribution is 5.99. The van der Waals surface area contributed by atoms with Gasteiger partial charge in [-0.15, -0.1) is 0 Å². The maximum absolute atomic E-state index is 15.1. The van der Waals surface area contributed by atoms with Crippen molar-refractivity contribution < 1.29 is 72.5 Å². The van der Waals surface area contributed by atoms with Gasteiger partial charge in [0.2, 0.25) is 65.0 Å². The SMILES string of the molecule is CC=CCC(C)C(O)C1C(=O)NC(CC)C(=O)N(C)CC(=O)N(C)C(CC(C)C)C(=O)NC(C(C)C)C(=O)N(C)C(CC(C)C)C(=O)NC(C)C(=O)NC(C)C(=O)N(C)C(CC(C)C)C(=O)N(C)C(CC(C)C)C(=O)N(C)C(C(C)C)C(=O)N1C.CCC(=O)OC1CCC2C3CCc4cc(O)ccc4C3CCC12C. The quantitative estimate of drug-likeness (QED) is 0.0639. The minimum absolute atomic E-state index is 0.0229. The maximum atomic E-state index is 15.1. The number of nitrogens with one attached hydrogen (secondary N) is 4. The number of nitrogens with zero attached hydrogens (tertiary/aromatic N) is 7. The monoisotopic (exact) mass is 1530 g/mol. The highest BCUT2D eigenvalue weighted by Crippen LogP contribution is 2.61. The molecule has 17 unspecified atom stereocenters. The van der Waals surface area contributed by atoms with E-state index in [1.165, 1.54) is 118 Å². The highest BCUT2D eigenvalue weighted by Gasteiger charge is 2.56. The Kier molecular flexibility index (Phi) is 35.8. The number of benzene rings is 1. The molecule has 2 saturated carbocycles. The minimum Gasteiger partial charge on any atom is -0.508 e. The number of hydrogen-bond acceptors (Lipinski definition) is 15. The smallest absolute Gasteiger partial charge is 0.305 e. The number of aryl methyl sites for hydroxylation is 1. The van der Waals surface area contributed by atoms with E-state index >= 15 is 9.59 Å². The Morgan fingerprint density at radius 3 is 1.60 bits per heavy atom. The Hall–Kier alpha value is -7.64.